The molecule has 0 N–H and O–H groups in total. The van der Waals surface area contributed by atoms with Crippen LogP contribution in [0.3, 0.4) is 0 Å². The van der Waals surface area contributed by atoms with E-state index in [0.29, 0.717) is 38.3 Å². The summed E-state index contributed by atoms with van der Waals surface area (Å²) >= 11 is 1.54. The Morgan fingerprint density at radius 2 is 1.70 bits per heavy atom. The van der Waals surface area contributed by atoms with E-state index in [9.17, 15) is 19.2 Å². The van der Waals surface area contributed by atoms with E-state index >= 15 is 0 Å². The fraction of sp³-hybridized carbons (Fsp3) is 0.438. The molecular weight excluding hydrogens is 525 g/mol. The van der Waals surface area contributed by atoms with Crippen molar-refractivity contribution >= 4 is 23.0 Å². The number of ketones is 1. The van der Waals surface area contributed by atoms with Crippen molar-refractivity contribution in [2.24, 2.45) is 11.3 Å². The zero-order valence-corrected chi connectivity index (χ0v) is 23.2. The summed E-state index contributed by atoms with van der Waals surface area (Å²) in [5, 5.41) is 10.4. The number of nitrogens with zero attached hydrogens (tertiary/aromatic N) is 3. The van der Waals surface area contributed by atoms with Crippen molar-refractivity contribution < 1.29 is 18.7 Å². The second-order valence-corrected chi connectivity index (χ2v) is 12.3. The SMILES string of the molecule is N#CC1(CC(=O)[C@@H]2CCCC[C@H]2c2nc(-c3ccc(F)cc3)sc2-c2ccc(C(=O)N3CCOCC3)cc2)CC1. The lowest BCUT2D eigenvalue weighted by Gasteiger charge is -2.30. The van der Waals surface area contributed by atoms with Gasteiger partial charge in [0.25, 0.3) is 5.91 Å². The standard InChI is InChI=1S/C32H32FN3O3S/c33-24-11-9-22(10-12-24)30-35-28(26-4-2-1-3-25(26)27(37)19-32(20-34)13-14-32)29(40-30)21-5-7-23(8-6-21)31(38)36-15-17-39-18-16-36/h5-12,25-26H,1-4,13-19H2/t25-,26-/m1/s1. The predicted octanol–water partition coefficient (Wildman–Crippen LogP) is 6.63. The van der Waals surface area contributed by atoms with Gasteiger partial charge in [-0.05, 0) is 67.6 Å². The molecule has 2 heterocycles. The molecule has 206 valence electrons. The second-order valence-electron chi connectivity index (χ2n) is 11.3. The Bertz CT molecular complexity index is 1430. The predicted molar refractivity (Wildman–Crippen MR) is 151 cm³/mol. The zero-order chi connectivity index (χ0) is 27.7. The number of aromatic nitrogens is 1. The van der Waals surface area contributed by atoms with Gasteiger partial charge < -0.3 is 9.64 Å². The van der Waals surface area contributed by atoms with Gasteiger partial charge in [-0.25, -0.2) is 9.37 Å². The van der Waals surface area contributed by atoms with Crippen molar-refractivity contribution in [3.8, 4) is 27.1 Å². The molecule has 0 unspecified atom stereocenters. The summed E-state index contributed by atoms with van der Waals surface area (Å²) in [5.74, 6) is -0.325. The molecule has 0 bridgehead atoms. The number of halogens is 1. The van der Waals surface area contributed by atoms with Crippen LogP contribution in [-0.4, -0.2) is 47.9 Å². The normalized spacial score (nSPS) is 21.9. The molecular formula is C32H32FN3O3S. The van der Waals surface area contributed by atoms with Crippen molar-refractivity contribution in [2.75, 3.05) is 26.3 Å². The Morgan fingerprint density at radius 3 is 2.38 bits per heavy atom. The molecule has 1 amide bonds. The Kier molecular flexibility index (Phi) is 7.52. The lowest BCUT2D eigenvalue weighted by Crippen LogP contribution is -2.40. The van der Waals surface area contributed by atoms with Gasteiger partial charge >= 0.3 is 0 Å². The number of carbonyl (C=O) groups excluding carboxylic acids is 2. The van der Waals surface area contributed by atoms with Crippen LogP contribution in [0.5, 0.6) is 0 Å². The maximum atomic E-state index is 13.7. The Balaban J connectivity index is 1.35. The smallest absolute Gasteiger partial charge is 0.254 e. The van der Waals surface area contributed by atoms with Crippen LogP contribution >= 0.6 is 11.3 Å². The van der Waals surface area contributed by atoms with Gasteiger partial charge in [-0.2, -0.15) is 5.26 Å². The molecule has 2 saturated carbocycles. The van der Waals surface area contributed by atoms with Crippen LogP contribution in [0.15, 0.2) is 48.5 Å². The molecule has 6 rings (SSSR count). The minimum Gasteiger partial charge on any atom is -0.378 e. The molecule has 3 aliphatic rings. The number of hydrogen-bond donors (Lipinski definition) is 0. The van der Waals surface area contributed by atoms with Crippen LogP contribution in [0.4, 0.5) is 4.39 Å². The lowest BCUT2D eigenvalue weighted by atomic mass is 9.73. The highest BCUT2D eigenvalue weighted by Crippen LogP contribution is 2.51. The molecule has 2 aromatic carbocycles. The van der Waals surface area contributed by atoms with Crippen molar-refractivity contribution in [1.82, 2.24) is 9.88 Å². The summed E-state index contributed by atoms with van der Waals surface area (Å²) in [7, 11) is 0. The molecule has 2 atom stereocenters. The van der Waals surface area contributed by atoms with E-state index < -0.39 is 5.41 Å². The summed E-state index contributed by atoms with van der Waals surface area (Å²) < 4.78 is 19.1. The van der Waals surface area contributed by atoms with Crippen LogP contribution in [0.1, 0.15) is 66.9 Å². The average Bonchev–Trinajstić information content (AvgIpc) is 3.64. The van der Waals surface area contributed by atoms with Crippen molar-refractivity contribution in [2.45, 2.75) is 50.9 Å². The Morgan fingerprint density at radius 1 is 1.02 bits per heavy atom. The number of Topliss-reactive ketones (excluding diaryl/α,β-unsaturated/α-hetero) is 1. The first-order valence-electron chi connectivity index (χ1n) is 14.1. The molecule has 1 aliphatic heterocycles. The third-order valence-corrected chi connectivity index (χ3v) is 9.74. The van der Waals surface area contributed by atoms with Crippen LogP contribution in [0.25, 0.3) is 21.0 Å². The minimum absolute atomic E-state index is 0.00387. The van der Waals surface area contributed by atoms with Gasteiger partial charge in [-0.15, -0.1) is 11.3 Å². The van der Waals surface area contributed by atoms with Gasteiger partial charge in [0.2, 0.25) is 0 Å². The van der Waals surface area contributed by atoms with Crippen molar-refractivity contribution in [3.63, 3.8) is 0 Å². The third kappa shape index (κ3) is 5.45. The van der Waals surface area contributed by atoms with E-state index in [0.717, 1.165) is 65.2 Å². The molecule has 2 aliphatic carbocycles. The van der Waals surface area contributed by atoms with Crippen LogP contribution < -0.4 is 0 Å². The van der Waals surface area contributed by atoms with E-state index in [2.05, 4.69) is 6.07 Å². The van der Waals surface area contributed by atoms with Gasteiger partial charge in [-0.3, -0.25) is 9.59 Å². The largest absolute Gasteiger partial charge is 0.378 e. The van der Waals surface area contributed by atoms with E-state index in [1.807, 2.05) is 29.2 Å². The quantitative estimate of drug-likeness (QED) is 0.326. The fourth-order valence-corrected chi connectivity index (χ4v) is 7.15. The number of carbonyl (C=O) groups is 2. The fourth-order valence-electron chi connectivity index (χ4n) is 6.01. The number of morpholine rings is 1. The monoisotopic (exact) mass is 557 g/mol. The van der Waals surface area contributed by atoms with Gasteiger partial charge in [-0.1, -0.05) is 25.0 Å². The van der Waals surface area contributed by atoms with Crippen LogP contribution in [-0.2, 0) is 9.53 Å². The highest BCUT2D eigenvalue weighted by atomic mass is 32.1. The number of benzene rings is 2. The summed E-state index contributed by atoms with van der Waals surface area (Å²) in [6, 6.07) is 16.4. The van der Waals surface area contributed by atoms with Crippen LogP contribution in [0.2, 0.25) is 0 Å². The van der Waals surface area contributed by atoms with Gasteiger partial charge in [0.05, 0.1) is 35.3 Å². The van der Waals surface area contributed by atoms with E-state index in [1.54, 1.807) is 23.5 Å². The summed E-state index contributed by atoms with van der Waals surface area (Å²) in [4.78, 5) is 34.5. The number of hydrogen-bond acceptors (Lipinski definition) is 6. The van der Waals surface area contributed by atoms with Gasteiger partial charge in [0, 0.05) is 42.5 Å². The molecule has 6 nitrogen and oxygen atoms in total. The first kappa shape index (κ1) is 26.8. The first-order valence-corrected chi connectivity index (χ1v) is 15.0. The van der Waals surface area contributed by atoms with Crippen LogP contribution in [0, 0.1) is 28.5 Å². The Hall–Kier alpha value is -3.41. The number of nitriles is 1. The number of rotatable bonds is 7. The molecule has 1 saturated heterocycles. The highest BCUT2D eigenvalue weighted by molar-refractivity contribution is 7.18. The van der Waals surface area contributed by atoms with E-state index in [4.69, 9.17) is 9.72 Å². The molecule has 3 fully saturated rings. The molecule has 1 aromatic heterocycles. The van der Waals surface area contributed by atoms with Gasteiger partial charge in [0.15, 0.2) is 0 Å². The molecule has 40 heavy (non-hydrogen) atoms. The van der Waals surface area contributed by atoms with Crippen molar-refractivity contribution in [3.05, 3.63) is 65.6 Å². The lowest BCUT2D eigenvalue weighted by molar-refractivity contribution is -0.125. The first-order chi connectivity index (χ1) is 19.5. The summed E-state index contributed by atoms with van der Waals surface area (Å²) in [5.41, 5.74) is 2.85. The molecule has 3 aromatic rings. The zero-order valence-electron chi connectivity index (χ0n) is 22.4. The molecule has 8 heteroatoms. The second kappa shape index (κ2) is 11.2. The van der Waals surface area contributed by atoms with E-state index in [-0.39, 0.29) is 29.3 Å². The number of ether oxygens (including phenoxy) is 1. The maximum Gasteiger partial charge on any atom is 0.254 e. The third-order valence-electron chi connectivity index (χ3n) is 8.57. The molecule has 0 spiro atoms. The minimum atomic E-state index is -0.466. The highest BCUT2D eigenvalue weighted by Gasteiger charge is 2.47. The van der Waals surface area contributed by atoms with Crippen molar-refractivity contribution in [1.29, 1.82) is 5.26 Å². The Labute approximate surface area is 237 Å². The number of amides is 1. The summed E-state index contributed by atoms with van der Waals surface area (Å²) in [6.45, 7) is 2.28. The topological polar surface area (TPSA) is 83.3 Å². The molecule has 0 radical (unpaired) electrons. The van der Waals surface area contributed by atoms with E-state index in [1.165, 1.54) is 12.1 Å². The maximum absolute atomic E-state index is 13.7. The number of thiazole rings is 1. The average molecular weight is 558 g/mol. The van der Waals surface area contributed by atoms with Gasteiger partial charge in [0.1, 0.15) is 16.6 Å². The summed E-state index contributed by atoms with van der Waals surface area (Å²) in [6.07, 6.45) is 5.62.